The minimum atomic E-state index is 0.392. The maximum Gasteiger partial charge on any atom is 0.175 e. The Kier molecular flexibility index (Phi) is 8.07. The number of hydrogen-bond acceptors (Lipinski definition) is 3. The lowest BCUT2D eigenvalue weighted by Gasteiger charge is -2.16. The van der Waals surface area contributed by atoms with Crippen molar-refractivity contribution in [3.05, 3.63) is 57.0 Å². The molecule has 0 aliphatic rings. The van der Waals surface area contributed by atoms with Crippen molar-refractivity contribution < 1.29 is 9.47 Å². The van der Waals surface area contributed by atoms with Crippen LogP contribution in [0.3, 0.4) is 0 Å². The summed E-state index contributed by atoms with van der Waals surface area (Å²) in [5, 5.41) is 4.15. The zero-order chi connectivity index (χ0) is 18.2. The zero-order valence-electron chi connectivity index (χ0n) is 14.9. The van der Waals surface area contributed by atoms with Crippen molar-refractivity contribution in [2.24, 2.45) is 5.92 Å². The lowest BCUT2D eigenvalue weighted by molar-refractivity contribution is 0.267. The first kappa shape index (κ1) is 20.1. The second kappa shape index (κ2) is 10.0. The van der Waals surface area contributed by atoms with E-state index in [1.165, 1.54) is 0 Å². The molecular weight excluding hydrogens is 402 g/mol. The molecule has 0 aliphatic heterocycles. The molecule has 2 aromatic carbocycles. The number of nitrogens with one attached hydrogen (secondary N) is 1. The minimum Gasteiger partial charge on any atom is -0.490 e. The maximum atomic E-state index is 6.21. The summed E-state index contributed by atoms with van der Waals surface area (Å²) in [5.74, 6) is 2.06. The van der Waals surface area contributed by atoms with E-state index in [0.717, 1.165) is 34.4 Å². The molecule has 0 amide bonds. The molecule has 0 aliphatic carbocycles. The van der Waals surface area contributed by atoms with E-state index in [0.29, 0.717) is 29.9 Å². The highest BCUT2D eigenvalue weighted by Crippen LogP contribution is 2.37. The average molecular weight is 427 g/mol. The summed E-state index contributed by atoms with van der Waals surface area (Å²) < 4.78 is 12.7. The number of rotatable bonds is 9. The standard InChI is InChI=1S/C20H25BrClNO2/c1-4-24-19-10-15(12-23-11-14(2)3)9-17(21)20(19)25-13-16-7-5-6-8-18(16)22/h5-10,14,23H,4,11-13H2,1-3H3. The molecule has 0 fully saturated rings. The molecule has 5 heteroatoms. The third-order valence-corrected chi connectivity index (χ3v) is 4.54. The summed E-state index contributed by atoms with van der Waals surface area (Å²) >= 11 is 9.82. The lowest BCUT2D eigenvalue weighted by Crippen LogP contribution is -2.19. The average Bonchev–Trinajstić information content (AvgIpc) is 2.55. The van der Waals surface area contributed by atoms with Crippen molar-refractivity contribution in [1.82, 2.24) is 5.32 Å². The first-order valence-electron chi connectivity index (χ1n) is 8.53. The Labute approximate surface area is 163 Å². The van der Waals surface area contributed by atoms with Gasteiger partial charge in [0.1, 0.15) is 6.61 Å². The van der Waals surface area contributed by atoms with Crippen LogP contribution in [0.5, 0.6) is 11.5 Å². The zero-order valence-corrected chi connectivity index (χ0v) is 17.3. The van der Waals surface area contributed by atoms with Gasteiger partial charge >= 0.3 is 0 Å². The number of ether oxygens (including phenoxy) is 2. The van der Waals surface area contributed by atoms with Crippen LogP contribution in [0, 0.1) is 5.92 Å². The van der Waals surface area contributed by atoms with Gasteiger partial charge in [0.2, 0.25) is 0 Å². The summed E-state index contributed by atoms with van der Waals surface area (Å²) in [6.07, 6.45) is 0. The number of hydrogen-bond donors (Lipinski definition) is 1. The molecule has 2 rings (SSSR count). The van der Waals surface area contributed by atoms with Crippen molar-refractivity contribution in [2.75, 3.05) is 13.2 Å². The summed E-state index contributed by atoms with van der Waals surface area (Å²) in [6, 6.07) is 11.8. The van der Waals surface area contributed by atoms with Crippen molar-refractivity contribution in [2.45, 2.75) is 33.9 Å². The molecule has 25 heavy (non-hydrogen) atoms. The second-order valence-corrected chi connectivity index (χ2v) is 7.50. The maximum absolute atomic E-state index is 6.21. The molecule has 0 aromatic heterocycles. The van der Waals surface area contributed by atoms with Gasteiger partial charge in [0.05, 0.1) is 11.1 Å². The van der Waals surface area contributed by atoms with Crippen LogP contribution in [0.4, 0.5) is 0 Å². The van der Waals surface area contributed by atoms with Crippen molar-refractivity contribution in [3.8, 4) is 11.5 Å². The Balaban J connectivity index is 2.14. The quantitative estimate of drug-likeness (QED) is 0.547. The van der Waals surface area contributed by atoms with Gasteiger partial charge in [-0.15, -0.1) is 0 Å². The molecule has 0 saturated carbocycles. The molecule has 0 atom stereocenters. The monoisotopic (exact) mass is 425 g/mol. The predicted octanol–water partition coefficient (Wildman–Crippen LogP) is 5.83. The van der Waals surface area contributed by atoms with Crippen LogP contribution in [0.25, 0.3) is 0 Å². The topological polar surface area (TPSA) is 30.5 Å². The van der Waals surface area contributed by atoms with E-state index in [9.17, 15) is 0 Å². The van der Waals surface area contributed by atoms with Crippen LogP contribution in [-0.2, 0) is 13.2 Å². The van der Waals surface area contributed by atoms with E-state index >= 15 is 0 Å². The van der Waals surface area contributed by atoms with Gasteiger partial charge in [0, 0.05) is 17.1 Å². The lowest BCUT2D eigenvalue weighted by atomic mass is 10.1. The fourth-order valence-electron chi connectivity index (χ4n) is 2.40. The molecule has 2 aromatic rings. The summed E-state index contributed by atoms with van der Waals surface area (Å²) in [6.45, 7) is 9.10. The van der Waals surface area contributed by atoms with Crippen LogP contribution < -0.4 is 14.8 Å². The van der Waals surface area contributed by atoms with Gasteiger partial charge in [-0.1, -0.05) is 43.6 Å². The van der Waals surface area contributed by atoms with Gasteiger partial charge < -0.3 is 14.8 Å². The van der Waals surface area contributed by atoms with Gasteiger partial charge in [-0.05, 0) is 59.1 Å². The Bertz CT molecular complexity index is 691. The fraction of sp³-hybridized carbons (Fsp3) is 0.400. The normalized spacial score (nSPS) is 11.0. The van der Waals surface area contributed by atoms with Crippen molar-refractivity contribution >= 4 is 27.5 Å². The highest BCUT2D eigenvalue weighted by molar-refractivity contribution is 9.10. The third kappa shape index (κ3) is 6.21. The molecule has 1 N–H and O–H groups in total. The first-order valence-corrected chi connectivity index (χ1v) is 9.70. The summed E-state index contributed by atoms with van der Waals surface area (Å²) in [7, 11) is 0. The van der Waals surface area contributed by atoms with Gasteiger partial charge in [0.15, 0.2) is 11.5 Å². The highest BCUT2D eigenvalue weighted by atomic mass is 79.9. The molecule has 0 bridgehead atoms. The first-order chi connectivity index (χ1) is 12.0. The summed E-state index contributed by atoms with van der Waals surface area (Å²) in [4.78, 5) is 0. The Morgan fingerprint density at radius 2 is 1.92 bits per heavy atom. The van der Waals surface area contributed by atoms with E-state index in [2.05, 4.69) is 41.2 Å². The molecule has 3 nitrogen and oxygen atoms in total. The largest absolute Gasteiger partial charge is 0.490 e. The van der Waals surface area contributed by atoms with E-state index < -0.39 is 0 Å². The Morgan fingerprint density at radius 1 is 1.16 bits per heavy atom. The minimum absolute atomic E-state index is 0.392. The smallest absolute Gasteiger partial charge is 0.175 e. The molecule has 0 unspecified atom stereocenters. The van der Waals surface area contributed by atoms with Crippen molar-refractivity contribution in [3.63, 3.8) is 0 Å². The van der Waals surface area contributed by atoms with E-state index in [-0.39, 0.29) is 0 Å². The Hall–Kier alpha value is -1.23. The fourth-order valence-corrected chi connectivity index (χ4v) is 3.19. The van der Waals surface area contributed by atoms with Gasteiger partial charge in [-0.2, -0.15) is 0 Å². The van der Waals surface area contributed by atoms with Crippen LogP contribution in [0.15, 0.2) is 40.9 Å². The van der Waals surface area contributed by atoms with Gasteiger partial charge in [-0.3, -0.25) is 0 Å². The SMILES string of the molecule is CCOc1cc(CNCC(C)C)cc(Br)c1OCc1ccccc1Cl. The molecule has 0 spiro atoms. The van der Waals surface area contributed by atoms with E-state index in [1.807, 2.05) is 37.3 Å². The van der Waals surface area contributed by atoms with Crippen LogP contribution in [-0.4, -0.2) is 13.2 Å². The van der Waals surface area contributed by atoms with E-state index in [1.54, 1.807) is 0 Å². The third-order valence-electron chi connectivity index (χ3n) is 3.58. The number of halogens is 2. The van der Waals surface area contributed by atoms with Crippen LogP contribution >= 0.6 is 27.5 Å². The number of benzene rings is 2. The second-order valence-electron chi connectivity index (χ2n) is 6.24. The predicted molar refractivity (Wildman–Crippen MR) is 108 cm³/mol. The molecular formula is C20H25BrClNO2. The van der Waals surface area contributed by atoms with Crippen LogP contribution in [0.2, 0.25) is 5.02 Å². The van der Waals surface area contributed by atoms with Gasteiger partial charge in [-0.25, -0.2) is 0 Å². The van der Waals surface area contributed by atoms with Crippen molar-refractivity contribution in [1.29, 1.82) is 0 Å². The van der Waals surface area contributed by atoms with Gasteiger partial charge in [0.25, 0.3) is 0 Å². The Morgan fingerprint density at radius 3 is 2.60 bits per heavy atom. The van der Waals surface area contributed by atoms with E-state index in [4.69, 9.17) is 21.1 Å². The van der Waals surface area contributed by atoms with Crippen LogP contribution in [0.1, 0.15) is 31.9 Å². The molecule has 136 valence electrons. The molecule has 0 heterocycles. The highest BCUT2D eigenvalue weighted by Gasteiger charge is 2.13. The molecule has 0 saturated heterocycles. The summed E-state index contributed by atoms with van der Waals surface area (Å²) in [5.41, 5.74) is 2.10. The molecule has 0 radical (unpaired) electrons.